The van der Waals surface area contributed by atoms with Gasteiger partial charge in [-0.1, -0.05) is 24.3 Å². The van der Waals surface area contributed by atoms with Gasteiger partial charge in [0, 0.05) is 34.7 Å². The molecule has 1 atom stereocenters. The summed E-state index contributed by atoms with van der Waals surface area (Å²) in [7, 11) is 0. The summed E-state index contributed by atoms with van der Waals surface area (Å²) >= 11 is 11.6. The van der Waals surface area contributed by atoms with Crippen molar-refractivity contribution < 1.29 is 34.4 Å². The number of Topliss-reactive ketones (excluding diaryl/α,β-unsaturated/α-hetero) is 2. The molecule has 1 aliphatic rings. The zero-order valence-electron chi connectivity index (χ0n) is 16.8. The third-order valence-electron chi connectivity index (χ3n) is 5.43. The van der Waals surface area contributed by atoms with E-state index in [9.17, 15) is 29.7 Å². The number of hydrogen-bond acceptors (Lipinski definition) is 6. The molecule has 1 unspecified atom stereocenters. The van der Waals surface area contributed by atoms with Gasteiger partial charge < -0.3 is 20.1 Å². The van der Waals surface area contributed by atoms with Crippen LogP contribution in [0.5, 0.6) is 23.0 Å². The number of ether oxygens (including phenoxy) is 1. The van der Waals surface area contributed by atoms with Crippen molar-refractivity contribution in [2.45, 2.75) is 5.92 Å². The Kier molecular flexibility index (Phi) is 6.01. The van der Waals surface area contributed by atoms with E-state index in [2.05, 4.69) is 0 Å². The summed E-state index contributed by atoms with van der Waals surface area (Å²) in [5.74, 6) is -4.86. The molecule has 33 heavy (non-hydrogen) atoms. The standard InChI is InChI=1S/C24H16Cl2O7/c25-9-16(29)21-15(28)8-19-23(22(21)17(30)10-26)20(12-3-1-2-4-13(12)24(31)32)14-6-5-11(27)7-18(14)33-19/h1-8,20,27-28H,9-10H2,(H,31,32). The third kappa shape index (κ3) is 3.79. The Morgan fingerprint density at radius 3 is 2.18 bits per heavy atom. The van der Waals surface area contributed by atoms with Gasteiger partial charge in [0.15, 0.2) is 11.6 Å². The van der Waals surface area contributed by atoms with Gasteiger partial charge in [-0.25, -0.2) is 4.79 Å². The van der Waals surface area contributed by atoms with Gasteiger partial charge in [0.1, 0.15) is 23.0 Å². The maximum Gasteiger partial charge on any atom is 0.335 e. The van der Waals surface area contributed by atoms with Crippen molar-refractivity contribution in [1.29, 1.82) is 0 Å². The summed E-state index contributed by atoms with van der Waals surface area (Å²) in [4.78, 5) is 37.6. The van der Waals surface area contributed by atoms with Crippen molar-refractivity contribution in [2.75, 3.05) is 11.8 Å². The number of benzene rings is 3. The van der Waals surface area contributed by atoms with E-state index in [4.69, 9.17) is 27.9 Å². The van der Waals surface area contributed by atoms with Crippen molar-refractivity contribution in [1.82, 2.24) is 0 Å². The number of carbonyl (C=O) groups excluding carboxylic acids is 2. The monoisotopic (exact) mass is 486 g/mol. The minimum atomic E-state index is -1.19. The highest BCUT2D eigenvalue weighted by molar-refractivity contribution is 6.35. The van der Waals surface area contributed by atoms with Crippen LogP contribution in [0.1, 0.15) is 53.7 Å². The van der Waals surface area contributed by atoms with Gasteiger partial charge in [0.2, 0.25) is 0 Å². The number of halogens is 2. The Balaban J connectivity index is 2.16. The van der Waals surface area contributed by atoms with Gasteiger partial charge in [-0.2, -0.15) is 0 Å². The molecule has 0 spiro atoms. The second-order valence-corrected chi connectivity index (χ2v) is 7.86. The number of rotatable bonds is 6. The SMILES string of the molecule is O=C(O)c1ccccc1C1c2ccc(O)cc2Oc2cc(O)c(C(=O)CCl)c(C(=O)CCl)c21. The number of carboxylic acid groups (broad SMARTS) is 1. The molecule has 1 heterocycles. The molecule has 3 aromatic carbocycles. The van der Waals surface area contributed by atoms with Gasteiger partial charge in [-0.3, -0.25) is 9.59 Å². The van der Waals surface area contributed by atoms with Crippen molar-refractivity contribution in [3.8, 4) is 23.0 Å². The van der Waals surface area contributed by atoms with Crippen LogP contribution >= 0.6 is 23.2 Å². The van der Waals surface area contributed by atoms with E-state index >= 15 is 0 Å². The number of carboxylic acids is 1. The van der Waals surface area contributed by atoms with Crippen molar-refractivity contribution in [2.24, 2.45) is 0 Å². The van der Waals surface area contributed by atoms with Gasteiger partial charge in [0.25, 0.3) is 0 Å². The molecule has 4 rings (SSSR count). The Bertz CT molecular complexity index is 1320. The Morgan fingerprint density at radius 1 is 0.848 bits per heavy atom. The molecule has 3 aromatic rings. The molecule has 0 saturated carbocycles. The molecule has 1 aliphatic heterocycles. The number of fused-ring (bicyclic) bond motifs is 2. The van der Waals surface area contributed by atoms with Crippen LogP contribution in [-0.4, -0.2) is 44.6 Å². The summed E-state index contributed by atoms with van der Waals surface area (Å²) in [5, 5.41) is 30.4. The van der Waals surface area contributed by atoms with Gasteiger partial charge in [0.05, 0.1) is 22.9 Å². The Morgan fingerprint density at radius 2 is 1.52 bits per heavy atom. The van der Waals surface area contributed by atoms with E-state index in [0.29, 0.717) is 11.1 Å². The predicted octanol–water partition coefficient (Wildman–Crippen LogP) is 4.92. The Labute approximate surface area is 197 Å². The fraction of sp³-hybridized carbons (Fsp3) is 0.125. The number of phenolic OH excluding ortho intramolecular Hbond substituents is 2. The smallest absolute Gasteiger partial charge is 0.335 e. The number of ketones is 2. The summed E-state index contributed by atoms with van der Waals surface area (Å²) < 4.78 is 5.89. The number of aromatic carboxylic acids is 1. The molecule has 7 nitrogen and oxygen atoms in total. The minimum Gasteiger partial charge on any atom is -0.508 e. The highest BCUT2D eigenvalue weighted by Gasteiger charge is 2.38. The summed E-state index contributed by atoms with van der Waals surface area (Å²) in [6.07, 6.45) is 0. The first-order valence-corrected chi connectivity index (χ1v) is 10.8. The van der Waals surface area contributed by atoms with Crippen LogP contribution in [0.3, 0.4) is 0 Å². The molecule has 0 aliphatic carbocycles. The minimum absolute atomic E-state index is 0.0235. The highest BCUT2D eigenvalue weighted by atomic mass is 35.5. The lowest BCUT2D eigenvalue weighted by atomic mass is 9.76. The van der Waals surface area contributed by atoms with Gasteiger partial charge in [-0.05, 0) is 17.7 Å². The van der Waals surface area contributed by atoms with Crippen LogP contribution in [0.25, 0.3) is 0 Å². The van der Waals surface area contributed by atoms with Crippen LogP contribution in [0.15, 0.2) is 48.5 Å². The van der Waals surface area contributed by atoms with Crippen LogP contribution in [0.2, 0.25) is 0 Å². The molecule has 0 saturated heterocycles. The summed E-state index contributed by atoms with van der Waals surface area (Å²) in [6, 6.07) is 11.7. The fourth-order valence-electron chi connectivity index (χ4n) is 4.13. The summed E-state index contributed by atoms with van der Waals surface area (Å²) in [5.41, 5.74) is 0.427. The largest absolute Gasteiger partial charge is 0.508 e. The molecule has 0 amide bonds. The third-order valence-corrected chi connectivity index (χ3v) is 5.91. The lowest BCUT2D eigenvalue weighted by Gasteiger charge is -2.32. The Hall–Kier alpha value is -3.55. The zero-order valence-corrected chi connectivity index (χ0v) is 18.4. The molecule has 9 heteroatoms. The molecule has 0 aromatic heterocycles. The number of carbonyl (C=O) groups is 3. The van der Waals surface area contributed by atoms with Crippen LogP contribution in [0.4, 0.5) is 0 Å². The number of aromatic hydroxyl groups is 2. The molecular formula is C24H16Cl2O7. The quantitative estimate of drug-likeness (QED) is 0.261. The van der Waals surface area contributed by atoms with Crippen molar-refractivity contribution >= 4 is 40.7 Å². The fourth-order valence-corrected chi connectivity index (χ4v) is 4.39. The second-order valence-electron chi connectivity index (χ2n) is 7.32. The van der Waals surface area contributed by atoms with Crippen molar-refractivity contribution in [3.05, 3.63) is 81.9 Å². The van der Waals surface area contributed by atoms with E-state index in [0.717, 1.165) is 0 Å². The van der Waals surface area contributed by atoms with E-state index < -0.39 is 41.0 Å². The first-order chi connectivity index (χ1) is 15.8. The molecule has 168 valence electrons. The maximum absolute atomic E-state index is 13.0. The van der Waals surface area contributed by atoms with Crippen LogP contribution in [0, 0.1) is 0 Å². The van der Waals surface area contributed by atoms with Crippen molar-refractivity contribution in [3.63, 3.8) is 0 Å². The van der Waals surface area contributed by atoms with Gasteiger partial charge >= 0.3 is 5.97 Å². The highest BCUT2D eigenvalue weighted by Crippen LogP contribution is 2.52. The first kappa shape index (κ1) is 22.6. The van der Waals surface area contributed by atoms with E-state index in [1.807, 2.05) is 0 Å². The van der Waals surface area contributed by atoms with Gasteiger partial charge in [-0.15, -0.1) is 23.2 Å². The van der Waals surface area contributed by atoms with E-state index in [1.165, 1.54) is 24.3 Å². The predicted molar refractivity (Wildman–Crippen MR) is 121 cm³/mol. The average Bonchev–Trinajstić information content (AvgIpc) is 2.80. The second kappa shape index (κ2) is 8.77. The van der Waals surface area contributed by atoms with E-state index in [1.54, 1.807) is 24.3 Å². The molecule has 3 N–H and O–H groups in total. The lowest BCUT2D eigenvalue weighted by Crippen LogP contribution is -2.22. The molecule has 0 radical (unpaired) electrons. The average molecular weight is 487 g/mol. The maximum atomic E-state index is 13.0. The zero-order chi connectivity index (χ0) is 23.9. The number of hydrogen-bond donors (Lipinski definition) is 3. The molecule has 0 bridgehead atoms. The first-order valence-electron chi connectivity index (χ1n) is 9.69. The molecular weight excluding hydrogens is 471 g/mol. The number of phenols is 2. The lowest BCUT2D eigenvalue weighted by molar-refractivity contribution is 0.0695. The summed E-state index contributed by atoms with van der Waals surface area (Å²) in [6.45, 7) is 0. The normalized spacial score (nSPS) is 14.1. The topological polar surface area (TPSA) is 121 Å². The number of alkyl halides is 2. The molecule has 0 fully saturated rings. The van der Waals surface area contributed by atoms with Crippen LogP contribution in [-0.2, 0) is 0 Å². The van der Waals surface area contributed by atoms with Crippen LogP contribution < -0.4 is 4.74 Å². The van der Waals surface area contributed by atoms with E-state index in [-0.39, 0.29) is 39.5 Å².